The highest BCUT2D eigenvalue weighted by molar-refractivity contribution is 7.80. The van der Waals surface area contributed by atoms with Crippen LogP contribution in [0.25, 0.3) is 0 Å². The van der Waals surface area contributed by atoms with E-state index >= 15 is 0 Å². The number of nitrogens with one attached hydrogen (secondary N) is 3. The zero-order valence-corrected chi connectivity index (χ0v) is 15.6. The number of amides is 1. The lowest BCUT2D eigenvalue weighted by molar-refractivity contribution is -0.137. The van der Waals surface area contributed by atoms with Gasteiger partial charge in [-0.1, -0.05) is 36.4 Å². The molecule has 2 rings (SSSR count). The fraction of sp³-hybridized carbons (Fsp3) is 0.222. The third kappa shape index (κ3) is 7.07. The van der Waals surface area contributed by atoms with Gasteiger partial charge >= 0.3 is 6.18 Å². The molecule has 0 unspecified atom stereocenters. The lowest BCUT2D eigenvalue weighted by Crippen LogP contribution is -2.48. The summed E-state index contributed by atoms with van der Waals surface area (Å²) in [5.74, 6) is -0.355. The molecule has 0 bridgehead atoms. The van der Waals surface area contributed by atoms with E-state index in [0.717, 1.165) is 12.1 Å². The van der Waals surface area contributed by atoms with Crippen LogP contribution in [-0.2, 0) is 12.6 Å². The Hall–Kier alpha value is -2.32. The zero-order valence-electron chi connectivity index (χ0n) is 14.0. The first kappa shape index (κ1) is 21.0. The monoisotopic (exact) mass is 415 g/mol. The Labute approximate surface area is 165 Å². The second kappa shape index (κ2) is 9.57. The first-order chi connectivity index (χ1) is 12.8. The van der Waals surface area contributed by atoms with Gasteiger partial charge in [-0.05, 0) is 42.4 Å². The summed E-state index contributed by atoms with van der Waals surface area (Å²) in [5, 5.41) is 2.47. The average Bonchev–Trinajstić information content (AvgIpc) is 2.64. The first-order valence-electron chi connectivity index (χ1n) is 7.95. The molecular formula is C18H17ClF3N3OS. The van der Waals surface area contributed by atoms with Crippen LogP contribution in [0.3, 0.4) is 0 Å². The van der Waals surface area contributed by atoms with Crippen molar-refractivity contribution >= 4 is 34.8 Å². The molecule has 144 valence electrons. The van der Waals surface area contributed by atoms with Crippen molar-refractivity contribution in [2.24, 2.45) is 0 Å². The van der Waals surface area contributed by atoms with Gasteiger partial charge in [-0.15, -0.1) is 11.6 Å². The third-order valence-electron chi connectivity index (χ3n) is 3.52. The van der Waals surface area contributed by atoms with Crippen molar-refractivity contribution < 1.29 is 18.0 Å². The molecule has 2 aromatic rings. The second-order valence-corrected chi connectivity index (χ2v) is 6.68. The standard InChI is InChI=1S/C18H17ClF3N3OS/c19-15(10-12-5-4-8-14(9-12)18(20,21)22)11-23-17(27)25-24-16(26)13-6-2-1-3-7-13/h1-9,15H,10-11H2,(H,24,26)(H2,23,25,27)/t15-/m0/s1. The number of benzene rings is 2. The van der Waals surface area contributed by atoms with Crippen LogP contribution in [0.1, 0.15) is 21.5 Å². The number of alkyl halides is 4. The quantitative estimate of drug-likeness (QED) is 0.396. The van der Waals surface area contributed by atoms with Crippen molar-refractivity contribution in [1.82, 2.24) is 16.2 Å². The fourth-order valence-electron chi connectivity index (χ4n) is 2.23. The number of carbonyl (C=O) groups excluding carboxylic acids is 1. The molecule has 2 aromatic carbocycles. The molecule has 0 fully saturated rings. The van der Waals surface area contributed by atoms with Gasteiger partial charge in [0.2, 0.25) is 0 Å². The molecule has 0 heterocycles. The van der Waals surface area contributed by atoms with Gasteiger partial charge in [0.05, 0.1) is 10.9 Å². The molecule has 0 spiro atoms. The van der Waals surface area contributed by atoms with E-state index in [1.807, 2.05) is 0 Å². The molecule has 0 saturated heterocycles. The Morgan fingerprint density at radius 2 is 1.78 bits per heavy atom. The largest absolute Gasteiger partial charge is 0.416 e. The first-order valence-corrected chi connectivity index (χ1v) is 8.79. The van der Waals surface area contributed by atoms with Crippen LogP contribution in [0, 0.1) is 0 Å². The van der Waals surface area contributed by atoms with Crippen LogP contribution in [0.2, 0.25) is 0 Å². The summed E-state index contributed by atoms with van der Waals surface area (Å²) >= 11 is 11.2. The van der Waals surface area contributed by atoms with E-state index in [4.69, 9.17) is 23.8 Å². The highest BCUT2D eigenvalue weighted by atomic mass is 35.5. The van der Waals surface area contributed by atoms with E-state index < -0.39 is 17.1 Å². The van der Waals surface area contributed by atoms with Crippen LogP contribution in [-0.4, -0.2) is 22.9 Å². The maximum atomic E-state index is 12.7. The zero-order chi connectivity index (χ0) is 19.9. The number of thiocarbonyl (C=S) groups is 1. The van der Waals surface area contributed by atoms with Crippen molar-refractivity contribution in [3.63, 3.8) is 0 Å². The Morgan fingerprint density at radius 1 is 1.07 bits per heavy atom. The highest BCUT2D eigenvalue weighted by Gasteiger charge is 2.30. The summed E-state index contributed by atoms with van der Waals surface area (Å²) in [6.07, 6.45) is -4.16. The molecule has 0 aliphatic rings. The summed E-state index contributed by atoms with van der Waals surface area (Å²) in [6, 6.07) is 13.6. The van der Waals surface area contributed by atoms with Gasteiger partial charge in [0.25, 0.3) is 5.91 Å². The van der Waals surface area contributed by atoms with Crippen LogP contribution in [0.15, 0.2) is 54.6 Å². The van der Waals surface area contributed by atoms with Crippen LogP contribution < -0.4 is 16.2 Å². The Bertz CT molecular complexity index is 787. The molecule has 0 aliphatic heterocycles. The summed E-state index contributed by atoms with van der Waals surface area (Å²) < 4.78 is 38.2. The highest BCUT2D eigenvalue weighted by Crippen LogP contribution is 2.29. The van der Waals surface area contributed by atoms with Crippen LogP contribution >= 0.6 is 23.8 Å². The van der Waals surface area contributed by atoms with Gasteiger partial charge in [-0.25, -0.2) is 0 Å². The van der Waals surface area contributed by atoms with Gasteiger partial charge < -0.3 is 5.32 Å². The predicted molar refractivity (Wildman–Crippen MR) is 102 cm³/mol. The number of hydrogen-bond acceptors (Lipinski definition) is 2. The molecule has 3 N–H and O–H groups in total. The number of carbonyl (C=O) groups is 1. The van der Waals surface area contributed by atoms with Crippen molar-refractivity contribution in [3.05, 3.63) is 71.3 Å². The van der Waals surface area contributed by atoms with Crippen LogP contribution in [0.5, 0.6) is 0 Å². The average molecular weight is 416 g/mol. The predicted octanol–water partition coefficient (Wildman–Crippen LogP) is 3.66. The van der Waals surface area contributed by atoms with Gasteiger partial charge in [0.15, 0.2) is 5.11 Å². The lowest BCUT2D eigenvalue weighted by Gasteiger charge is -2.15. The summed E-state index contributed by atoms with van der Waals surface area (Å²) in [6.45, 7) is 0.213. The van der Waals surface area contributed by atoms with Crippen molar-refractivity contribution in [2.75, 3.05) is 6.54 Å². The molecular weight excluding hydrogens is 399 g/mol. The van der Waals surface area contributed by atoms with Gasteiger partial charge in [-0.2, -0.15) is 13.2 Å². The maximum absolute atomic E-state index is 12.7. The van der Waals surface area contributed by atoms with E-state index in [1.54, 1.807) is 36.4 Å². The molecule has 1 atom stereocenters. The molecule has 0 radical (unpaired) electrons. The van der Waals surface area contributed by atoms with Gasteiger partial charge in [0, 0.05) is 12.1 Å². The van der Waals surface area contributed by atoms with E-state index in [-0.39, 0.29) is 24.0 Å². The van der Waals surface area contributed by atoms with Crippen molar-refractivity contribution in [3.8, 4) is 0 Å². The fourth-order valence-corrected chi connectivity index (χ4v) is 2.62. The van der Waals surface area contributed by atoms with E-state index in [9.17, 15) is 18.0 Å². The Kier molecular flexibility index (Phi) is 7.44. The van der Waals surface area contributed by atoms with Gasteiger partial charge in [0.1, 0.15) is 0 Å². The smallest absolute Gasteiger partial charge is 0.360 e. The number of hydrazine groups is 1. The molecule has 1 amide bonds. The summed E-state index contributed by atoms with van der Waals surface area (Å²) in [5.41, 5.74) is 5.21. The molecule has 4 nitrogen and oxygen atoms in total. The van der Waals surface area contributed by atoms with Crippen molar-refractivity contribution in [2.45, 2.75) is 18.0 Å². The second-order valence-electron chi connectivity index (χ2n) is 5.65. The van der Waals surface area contributed by atoms with Crippen molar-refractivity contribution in [1.29, 1.82) is 0 Å². The lowest BCUT2D eigenvalue weighted by atomic mass is 10.1. The third-order valence-corrected chi connectivity index (χ3v) is 4.08. The molecule has 27 heavy (non-hydrogen) atoms. The van der Waals surface area contributed by atoms with E-state index in [0.29, 0.717) is 11.1 Å². The molecule has 0 aliphatic carbocycles. The maximum Gasteiger partial charge on any atom is 0.416 e. The minimum Gasteiger partial charge on any atom is -0.360 e. The molecule has 0 aromatic heterocycles. The number of halogens is 4. The number of hydrogen-bond donors (Lipinski definition) is 3. The Morgan fingerprint density at radius 3 is 2.44 bits per heavy atom. The SMILES string of the molecule is O=C(NNC(=S)NC[C@@H](Cl)Cc1cccc(C(F)(F)F)c1)c1ccccc1. The van der Waals surface area contributed by atoms with Gasteiger partial charge in [-0.3, -0.25) is 15.6 Å². The van der Waals surface area contributed by atoms with Crippen LogP contribution in [0.4, 0.5) is 13.2 Å². The number of rotatable bonds is 5. The molecule has 9 heteroatoms. The summed E-state index contributed by atoms with van der Waals surface area (Å²) in [4.78, 5) is 11.9. The summed E-state index contributed by atoms with van der Waals surface area (Å²) in [7, 11) is 0. The normalized spacial score (nSPS) is 12.1. The van der Waals surface area contributed by atoms with E-state index in [1.165, 1.54) is 6.07 Å². The minimum atomic E-state index is -4.39. The topological polar surface area (TPSA) is 53.2 Å². The Balaban J connectivity index is 1.76. The molecule has 0 saturated carbocycles. The van der Waals surface area contributed by atoms with E-state index in [2.05, 4.69) is 16.2 Å². The minimum absolute atomic E-state index is 0.147.